The molecule has 0 saturated carbocycles. The van der Waals surface area contributed by atoms with Crippen molar-refractivity contribution in [1.29, 1.82) is 0 Å². The van der Waals surface area contributed by atoms with E-state index in [0.29, 0.717) is 33.5 Å². The molecular formula is C27H23N3O5S. The van der Waals surface area contributed by atoms with E-state index in [2.05, 4.69) is 26.5 Å². The topological polar surface area (TPSA) is 107 Å². The number of benzene rings is 2. The molecule has 2 heterocycles. The van der Waals surface area contributed by atoms with Crippen LogP contribution in [0.2, 0.25) is 0 Å². The van der Waals surface area contributed by atoms with Gasteiger partial charge in [0.2, 0.25) is 0 Å². The smallest absolute Gasteiger partial charge is 0.357 e. The number of ether oxygens (including phenoxy) is 2. The number of rotatable bonds is 6. The highest BCUT2D eigenvalue weighted by Gasteiger charge is 2.21. The maximum absolute atomic E-state index is 13.3. The summed E-state index contributed by atoms with van der Waals surface area (Å²) in [5.41, 5.74) is 1.82. The predicted octanol–water partition coefficient (Wildman–Crippen LogP) is 4.40. The average molecular weight is 502 g/mol. The van der Waals surface area contributed by atoms with Gasteiger partial charge in [0, 0.05) is 28.9 Å². The summed E-state index contributed by atoms with van der Waals surface area (Å²) >= 11 is 0. The minimum atomic E-state index is -4.00. The van der Waals surface area contributed by atoms with E-state index in [1.165, 1.54) is 31.6 Å². The number of carbonyl (C=O) groups is 1. The van der Waals surface area contributed by atoms with Crippen LogP contribution < -0.4 is 9.46 Å². The Labute approximate surface area is 209 Å². The molecule has 0 aliphatic heterocycles. The third-order valence-electron chi connectivity index (χ3n) is 5.03. The monoisotopic (exact) mass is 501 g/mol. The van der Waals surface area contributed by atoms with Crippen molar-refractivity contribution < 1.29 is 22.7 Å². The van der Waals surface area contributed by atoms with Crippen molar-refractivity contribution in [3.63, 3.8) is 0 Å². The number of aromatic nitrogens is 2. The largest absolute Gasteiger partial charge is 0.496 e. The van der Waals surface area contributed by atoms with Gasteiger partial charge in [0.1, 0.15) is 16.3 Å². The van der Waals surface area contributed by atoms with Gasteiger partial charge in [-0.1, -0.05) is 24.0 Å². The van der Waals surface area contributed by atoms with Crippen molar-refractivity contribution in [2.45, 2.75) is 24.8 Å². The molecule has 4 rings (SSSR count). The van der Waals surface area contributed by atoms with Gasteiger partial charge >= 0.3 is 5.97 Å². The maximum Gasteiger partial charge on any atom is 0.357 e. The van der Waals surface area contributed by atoms with E-state index >= 15 is 0 Å². The van der Waals surface area contributed by atoms with Gasteiger partial charge in [-0.3, -0.25) is 9.71 Å². The fourth-order valence-corrected chi connectivity index (χ4v) is 4.64. The summed E-state index contributed by atoms with van der Waals surface area (Å²) in [6, 6.07) is 16.5. The molecule has 0 aliphatic carbocycles. The Balaban J connectivity index is 1.62. The highest BCUT2D eigenvalue weighted by molar-refractivity contribution is 7.93. The Morgan fingerprint density at radius 1 is 0.972 bits per heavy atom. The highest BCUT2D eigenvalue weighted by atomic mass is 32.2. The van der Waals surface area contributed by atoms with Crippen LogP contribution in [-0.2, 0) is 14.8 Å². The fraction of sp³-hybridized carbons (Fsp3) is 0.148. The Kier molecular flexibility index (Phi) is 7.17. The van der Waals surface area contributed by atoms with Crippen LogP contribution in [0.25, 0.3) is 10.9 Å². The fourth-order valence-electron chi connectivity index (χ4n) is 3.40. The first-order valence-electron chi connectivity index (χ1n) is 11.0. The number of fused-ring (bicyclic) bond motifs is 1. The Morgan fingerprint density at radius 2 is 1.78 bits per heavy atom. The summed E-state index contributed by atoms with van der Waals surface area (Å²) in [6.07, 6.45) is 2.75. The maximum atomic E-state index is 13.3. The van der Waals surface area contributed by atoms with Crippen LogP contribution in [0.5, 0.6) is 5.75 Å². The number of methoxy groups -OCH3 is 1. The molecule has 2 aromatic carbocycles. The Hall–Kier alpha value is -4.42. The first-order valence-corrected chi connectivity index (χ1v) is 12.5. The van der Waals surface area contributed by atoms with Crippen molar-refractivity contribution in [1.82, 2.24) is 9.97 Å². The van der Waals surface area contributed by atoms with Crippen LogP contribution in [0.1, 0.15) is 35.5 Å². The summed E-state index contributed by atoms with van der Waals surface area (Å²) in [4.78, 5) is 20.4. The van der Waals surface area contributed by atoms with Crippen LogP contribution >= 0.6 is 0 Å². The van der Waals surface area contributed by atoms with Crippen LogP contribution in [-0.4, -0.2) is 37.6 Å². The van der Waals surface area contributed by atoms with Crippen LogP contribution in [0, 0.1) is 11.8 Å². The van der Waals surface area contributed by atoms with Gasteiger partial charge in [0.15, 0.2) is 0 Å². The standard InChI is InChI=1S/C27H23N3O5S/c1-18(2)35-27(31)23-13-11-19(17-29-23)10-12-20-7-4-5-9-22(20)30-36(32,33)25-15-14-24(34-3)21-8-6-16-28-26(21)25/h4-9,11,13-18,30H,1-3H3. The molecule has 9 heteroatoms. The van der Waals surface area contributed by atoms with Crippen LogP contribution in [0.15, 0.2) is 78.0 Å². The molecule has 1 N–H and O–H groups in total. The van der Waals surface area contributed by atoms with Crippen molar-refractivity contribution in [2.75, 3.05) is 11.8 Å². The normalized spacial score (nSPS) is 11.0. The summed E-state index contributed by atoms with van der Waals surface area (Å²) in [5, 5.41) is 0.587. The Bertz CT molecular complexity index is 1590. The second-order valence-corrected chi connectivity index (χ2v) is 9.60. The second-order valence-electron chi connectivity index (χ2n) is 7.95. The minimum absolute atomic E-state index is 0.0229. The molecule has 0 bridgehead atoms. The van der Waals surface area contributed by atoms with E-state index in [1.54, 1.807) is 62.4 Å². The molecule has 0 atom stereocenters. The van der Waals surface area contributed by atoms with Gasteiger partial charge in [-0.25, -0.2) is 18.2 Å². The summed E-state index contributed by atoms with van der Waals surface area (Å²) in [6.45, 7) is 3.52. The van der Waals surface area contributed by atoms with Crippen molar-refractivity contribution in [3.8, 4) is 17.6 Å². The molecule has 8 nitrogen and oxygen atoms in total. The van der Waals surface area contributed by atoms with Gasteiger partial charge in [0.25, 0.3) is 10.0 Å². The second kappa shape index (κ2) is 10.5. The number of hydrogen-bond donors (Lipinski definition) is 1. The molecule has 36 heavy (non-hydrogen) atoms. The quantitative estimate of drug-likeness (QED) is 0.308. The number of para-hydroxylation sites is 1. The Morgan fingerprint density at radius 3 is 2.50 bits per heavy atom. The number of pyridine rings is 2. The lowest BCUT2D eigenvalue weighted by Gasteiger charge is -2.13. The van der Waals surface area contributed by atoms with Crippen LogP contribution in [0.4, 0.5) is 5.69 Å². The van der Waals surface area contributed by atoms with Gasteiger partial charge in [-0.15, -0.1) is 0 Å². The van der Waals surface area contributed by atoms with E-state index in [1.807, 2.05) is 0 Å². The van der Waals surface area contributed by atoms with Gasteiger partial charge in [0.05, 0.1) is 24.4 Å². The highest BCUT2D eigenvalue weighted by Crippen LogP contribution is 2.30. The zero-order valence-electron chi connectivity index (χ0n) is 19.8. The number of esters is 1. The molecule has 0 spiro atoms. The van der Waals surface area contributed by atoms with Gasteiger partial charge < -0.3 is 9.47 Å². The predicted molar refractivity (Wildman–Crippen MR) is 136 cm³/mol. The molecule has 182 valence electrons. The van der Waals surface area contributed by atoms with Crippen molar-refractivity contribution in [3.05, 3.63) is 89.9 Å². The zero-order valence-corrected chi connectivity index (χ0v) is 20.7. The number of nitrogens with one attached hydrogen (secondary N) is 1. The third-order valence-corrected chi connectivity index (χ3v) is 6.43. The number of sulfonamides is 1. The first kappa shape index (κ1) is 24.7. The van der Waals surface area contributed by atoms with E-state index in [4.69, 9.17) is 9.47 Å². The molecular weight excluding hydrogens is 478 g/mol. The van der Waals surface area contributed by atoms with Gasteiger partial charge in [-0.05, 0) is 62.4 Å². The molecule has 0 fully saturated rings. The molecule has 0 aliphatic rings. The van der Waals surface area contributed by atoms with Crippen molar-refractivity contribution >= 4 is 32.6 Å². The number of nitrogens with zero attached hydrogens (tertiary/aromatic N) is 2. The average Bonchev–Trinajstić information content (AvgIpc) is 2.87. The molecule has 0 saturated heterocycles. The summed E-state index contributed by atoms with van der Waals surface area (Å²) in [5.74, 6) is 5.94. The van der Waals surface area contributed by atoms with E-state index in [9.17, 15) is 13.2 Å². The SMILES string of the molecule is COc1ccc(S(=O)(=O)Nc2ccccc2C#Cc2ccc(C(=O)OC(C)C)nc2)c2ncccc12. The number of carbonyl (C=O) groups excluding carboxylic acids is 1. The lowest BCUT2D eigenvalue weighted by molar-refractivity contribution is 0.0371. The van der Waals surface area contributed by atoms with Crippen LogP contribution in [0.3, 0.4) is 0 Å². The minimum Gasteiger partial charge on any atom is -0.496 e. The van der Waals surface area contributed by atoms with Crippen molar-refractivity contribution in [2.24, 2.45) is 0 Å². The van der Waals surface area contributed by atoms with E-state index in [0.717, 1.165) is 0 Å². The number of hydrogen-bond acceptors (Lipinski definition) is 7. The molecule has 0 amide bonds. The molecule has 0 unspecified atom stereocenters. The summed E-state index contributed by atoms with van der Waals surface area (Å²) < 4.78 is 39.7. The summed E-state index contributed by atoms with van der Waals surface area (Å²) in [7, 11) is -2.48. The first-order chi connectivity index (χ1) is 17.3. The third kappa shape index (κ3) is 5.45. The van der Waals surface area contributed by atoms with E-state index < -0.39 is 16.0 Å². The molecule has 0 radical (unpaired) electrons. The number of anilines is 1. The van der Waals surface area contributed by atoms with E-state index in [-0.39, 0.29) is 16.7 Å². The molecule has 4 aromatic rings. The van der Waals surface area contributed by atoms with Gasteiger partial charge in [-0.2, -0.15) is 0 Å². The lowest BCUT2D eigenvalue weighted by Crippen LogP contribution is -2.14. The lowest BCUT2D eigenvalue weighted by atomic mass is 10.1. The zero-order chi connectivity index (χ0) is 25.7. The molecule has 2 aromatic heterocycles.